The van der Waals surface area contributed by atoms with Gasteiger partial charge in [-0.3, -0.25) is 4.90 Å². The number of hydrogen-bond donors (Lipinski definition) is 1. The molecule has 0 amide bonds. The van der Waals surface area contributed by atoms with Crippen LogP contribution in [0.5, 0.6) is 5.75 Å². The Kier molecular flexibility index (Phi) is 4.41. The molecule has 5 heteroatoms. The van der Waals surface area contributed by atoms with Crippen LogP contribution in [0.15, 0.2) is 23.4 Å². The van der Waals surface area contributed by atoms with Crippen molar-refractivity contribution in [3.63, 3.8) is 0 Å². The zero-order valence-electron chi connectivity index (χ0n) is 12.4. The Labute approximate surface area is 125 Å². The number of hydrogen-bond acceptors (Lipinski definition) is 5. The van der Waals surface area contributed by atoms with Gasteiger partial charge in [-0.1, -0.05) is 18.1 Å². The van der Waals surface area contributed by atoms with Crippen molar-refractivity contribution in [2.45, 2.75) is 39.0 Å². The highest BCUT2D eigenvalue weighted by molar-refractivity contribution is 5.85. The molecule has 1 aromatic carbocycles. The first-order valence-electron chi connectivity index (χ1n) is 7.58. The van der Waals surface area contributed by atoms with E-state index < -0.39 is 0 Å². The maximum Gasteiger partial charge on any atom is 0.145 e. The van der Waals surface area contributed by atoms with Crippen molar-refractivity contribution in [1.29, 1.82) is 0 Å². The SMILES string of the molecule is CCC1=NO[C@H](CN2CCOc3ccc(CO)cc3C2)C1. The van der Waals surface area contributed by atoms with Crippen LogP contribution in [0.4, 0.5) is 0 Å². The van der Waals surface area contributed by atoms with Crippen LogP contribution < -0.4 is 4.74 Å². The largest absolute Gasteiger partial charge is 0.492 e. The van der Waals surface area contributed by atoms with E-state index in [1.807, 2.05) is 18.2 Å². The van der Waals surface area contributed by atoms with Crippen molar-refractivity contribution in [2.75, 3.05) is 19.7 Å². The highest BCUT2D eigenvalue weighted by Gasteiger charge is 2.24. The standard InChI is InChI=1S/C16H22N2O3/c1-2-14-8-15(21-17-14)10-18-5-6-20-16-4-3-12(11-19)7-13(16)9-18/h3-4,7,15,19H,2,5-6,8-11H2,1H3/t15-/m0/s1. The lowest BCUT2D eigenvalue weighted by molar-refractivity contribution is 0.0489. The average molecular weight is 290 g/mol. The highest BCUT2D eigenvalue weighted by atomic mass is 16.6. The molecule has 0 aromatic heterocycles. The third kappa shape index (κ3) is 3.36. The summed E-state index contributed by atoms with van der Waals surface area (Å²) in [6, 6.07) is 5.89. The molecule has 5 nitrogen and oxygen atoms in total. The fourth-order valence-electron chi connectivity index (χ4n) is 2.84. The smallest absolute Gasteiger partial charge is 0.145 e. The Balaban J connectivity index is 1.65. The first kappa shape index (κ1) is 14.4. The van der Waals surface area contributed by atoms with Crippen molar-refractivity contribution in [3.05, 3.63) is 29.3 Å². The summed E-state index contributed by atoms with van der Waals surface area (Å²) in [4.78, 5) is 7.84. The van der Waals surface area contributed by atoms with Gasteiger partial charge in [-0.05, 0) is 24.1 Å². The van der Waals surface area contributed by atoms with Gasteiger partial charge in [0.25, 0.3) is 0 Å². The van der Waals surface area contributed by atoms with Crippen LogP contribution in [-0.2, 0) is 18.0 Å². The molecule has 2 aliphatic heterocycles. The molecule has 0 saturated carbocycles. The van der Waals surface area contributed by atoms with Crippen molar-refractivity contribution in [2.24, 2.45) is 5.16 Å². The van der Waals surface area contributed by atoms with Gasteiger partial charge in [-0.15, -0.1) is 0 Å². The summed E-state index contributed by atoms with van der Waals surface area (Å²) in [5, 5.41) is 13.4. The minimum Gasteiger partial charge on any atom is -0.492 e. The molecule has 21 heavy (non-hydrogen) atoms. The minimum absolute atomic E-state index is 0.0622. The first-order chi connectivity index (χ1) is 10.3. The van der Waals surface area contributed by atoms with E-state index in [1.54, 1.807) is 0 Å². The molecule has 2 heterocycles. The van der Waals surface area contributed by atoms with Crippen LogP contribution in [0.25, 0.3) is 0 Å². The number of ether oxygens (including phenoxy) is 1. The van der Waals surface area contributed by atoms with Gasteiger partial charge in [0.05, 0.1) is 12.3 Å². The molecular formula is C16H22N2O3. The van der Waals surface area contributed by atoms with E-state index in [1.165, 1.54) is 0 Å². The van der Waals surface area contributed by atoms with E-state index in [9.17, 15) is 5.11 Å². The number of nitrogens with zero attached hydrogens (tertiary/aromatic N) is 2. The van der Waals surface area contributed by atoms with E-state index in [0.717, 1.165) is 55.1 Å². The topological polar surface area (TPSA) is 54.3 Å². The molecule has 0 spiro atoms. The molecule has 0 fully saturated rings. The summed E-state index contributed by atoms with van der Waals surface area (Å²) in [6.07, 6.45) is 2.04. The molecule has 114 valence electrons. The quantitative estimate of drug-likeness (QED) is 0.920. The lowest BCUT2D eigenvalue weighted by atomic mass is 10.1. The molecule has 1 aromatic rings. The second-order valence-corrected chi connectivity index (χ2v) is 5.63. The summed E-state index contributed by atoms with van der Waals surface area (Å²) < 4.78 is 5.79. The van der Waals surface area contributed by atoms with Gasteiger partial charge in [0.1, 0.15) is 18.5 Å². The van der Waals surface area contributed by atoms with E-state index in [4.69, 9.17) is 9.57 Å². The molecule has 1 N–H and O–H groups in total. The Bertz CT molecular complexity index is 530. The lowest BCUT2D eigenvalue weighted by Crippen LogP contribution is -2.33. The first-order valence-corrected chi connectivity index (χ1v) is 7.58. The monoisotopic (exact) mass is 290 g/mol. The van der Waals surface area contributed by atoms with E-state index in [2.05, 4.69) is 17.0 Å². The minimum atomic E-state index is 0.0622. The Morgan fingerprint density at radius 1 is 1.43 bits per heavy atom. The van der Waals surface area contributed by atoms with Gasteiger partial charge in [-0.2, -0.15) is 0 Å². The van der Waals surface area contributed by atoms with Gasteiger partial charge >= 0.3 is 0 Å². The molecule has 2 aliphatic rings. The van der Waals surface area contributed by atoms with Gasteiger partial charge < -0.3 is 14.7 Å². The second kappa shape index (κ2) is 6.45. The van der Waals surface area contributed by atoms with Gasteiger partial charge in [-0.25, -0.2) is 0 Å². The van der Waals surface area contributed by atoms with Crippen LogP contribution in [-0.4, -0.2) is 41.5 Å². The molecule has 0 unspecified atom stereocenters. The second-order valence-electron chi connectivity index (χ2n) is 5.63. The average Bonchev–Trinajstić information content (AvgIpc) is 2.86. The van der Waals surface area contributed by atoms with Crippen molar-refractivity contribution in [1.82, 2.24) is 4.90 Å². The zero-order valence-corrected chi connectivity index (χ0v) is 12.4. The van der Waals surface area contributed by atoms with E-state index in [0.29, 0.717) is 6.61 Å². The number of rotatable bonds is 4. The number of fused-ring (bicyclic) bond motifs is 1. The fourth-order valence-corrected chi connectivity index (χ4v) is 2.84. The summed E-state index contributed by atoms with van der Waals surface area (Å²) in [7, 11) is 0. The van der Waals surface area contributed by atoms with Crippen LogP contribution >= 0.6 is 0 Å². The van der Waals surface area contributed by atoms with Crippen molar-refractivity contribution >= 4 is 5.71 Å². The number of oxime groups is 1. The summed E-state index contributed by atoms with van der Waals surface area (Å²) >= 11 is 0. The summed E-state index contributed by atoms with van der Waals surface area (Å²) in [5.74, 6) is 0.924. The van der Waals surface area contributed by atoms with Crippen LogP contribution in [0.2, 0.25) is 0 Å². The maximum absolute atomic E-state index is 9.27. The van der Waals surface area contributed by atoms with E-state index in [-0.39, 0.29) is 12.7 Å². The third-order valence-corrected chi connectivity index (χ3v) is 4.03. The highest BCUT2D eigenvalue weighted by Crippen LogP contribution is 2.25. The van der Waals surface area contributed by atoms with Crippen molar-refractivity contribution in [3.8, 4) is 5.75 Å². The summed E-state index contributed by atoms with van der Waals surface area (Å²) in [6.45, 7) is 5.41. The molecule has 0 bridgehead atoms. The molecule has 1 atom stereocenters. The van der Waals surface area contributed by atoms with E-state index >= 15 is 0 Å². The zero-order chi connectivity index (χ0) is 14.7. The predicted octanol–water partition coefficient (Wildman–Crippen LogP) is 1.93. The maximum atomic E-state index is 9.27. The molecule has 0 aliphatic carbocycles. The predicted molar refractivity (Wildman–Crippen MR) is 80.4 cm³/mol. The molecule has 0 radical (unpaired) electrons. The number of aliphatic hydroxyl groups is 1. The fraction of sp³-hybridized carbons (Fsp3) is 0.562. The van der Waals surface area contributed by atoms with Crippen LogP contribution in [0.1, 0.15) is 30.9 Å². The van der Waals surface area contributed by atoms with Crippen LogP contribution in [0.3, 0.4) is 0 Å². The lowest BCUT2D eigenvalue weighted by Gasteiger charge is -2.22. The van der Waals surface area contributed by atoms with Gasteiger partial charge in [0.15, 0.2) is 0 Å². The van der Waals surface area contributed by atoms with Crippen LogP contribution in [0, 0.1) is 0 Å². The van der Waals surface area contributed by atoms with Gasteiger partial charge in [0.2, 0.25) is 0 Å². The molecular weight excluding hydrogens is 268 g/mol. The van der Waals surface area contributed by atoms with Gasteiger partial charge in [0, 0.05) is 31.6 Å². The Morgan fingerprint density at radius 3 is 3.10 bits per heavy atom. The Hall–Kier alpha value is -1.59. The molecule has 0 saturated heterocycles. The number of benzene rings is 1. The Morgan fingerprint density at radius 2 is 2.33 bits per heavy atom. The third-order valence-electron chi connectivity index (χ3n) is 4.03. The van der Waals surface area contributed by atoms with Crippen molar-refractivity contribution < 1.29 is 14.7 Å². The normalized spacial score (nSPS) is 22.0. The summed E-state index contributed by atoms with van der Waals surface area (Å²) in [5.41, 5.74) is 3.20. The molecule has 3 rings (SSSR count). The number of aliphatic hydroxyl groups excluding tert-OH is 1.